The van der Waals surface area contributed by atoms with Crippen LogP contribution in [0.4, 0.5) is 0 Å². The summed E-state index contributed by atoms with van der Waals surface area (Å²) in [5.74, 6) is 0.853. The largest absolute Gasteiger partial charge is 0.394 e. The van der Waals surface area contributed by atoms with Crippen LogP contribution in [0.1, 0.15) is 124 Å². The average molecular weight is 779 g/mol. The number of ketones is 3. The molecule has 0 heterocycles. The molecule has 0 radical (unpaired) electrons. The minimum absolute atomic E-state index is 0.0234. The molecule has 0 saturated heterocycles. The number of hydrogen-bond acceptors (Lipinski definition) is 6. The summed E-state index contributed by atoms with van der Waals surface area (Å²) in [6.07, 6.45) is 17.6. The van der Waals surface area contributed by atoms with Crippen molar-refractivity contribution in [1.29, 1.82) is 0 Å². The average Bonchev–Trinajstić information content (AvgIpc) is 4.14. The van der Waals surface area contributed by atoms with E-state index in [0.29, 0.717) is 18.2 Å². The molecule has 6 aliphatic carbocycles. The smallest absolute Gasteiger partial charge is 0.173 e. The van der Waals surface area contributed by atoms with Crippen LogP contribution in [-0.4, -0.2) is 54.0 Å². The van der Waals surface area contributed by atoms with E-state index < -0.39 is 0 Å². The number of carbonyl (C=O) groups is 3. The molecular formula is C52H58O6. The molecule has 3 unspecified atom stereocenters. The van der Waals surface area contributed by atoms with Gasteiger partial charge in [-0.05, 0) is 92.9 Å². The highest BCUT2D eigenvalue weighted by atomic mass is 16.5. The standard InChI is InChI=1S/C21H20O.C16H20O3.C15H18O2/c22-20-19-13-7-4-10-17(19)15-21(20,18-11-5-6-12-18)14-16-8-2-1-3-9-16;17-9-10-19-16(7-3-4-8-16)14-11-12-5-1-2-6-13(12)15(14)18;1-17-15(8-4-5-9-15)13-10-11-6-2-3-7-12(11)14(13)16/h1-4,7-11,13H,5-6,12,14-15H2;1-2,5-6,14,17H,3-4,7-11H2;2-3,6-7,13H,4-5,8-10H2,1H3. The molecule has 2 fully saturated rings. The van der Waals surface area contributed by atoms with Crippen molar-refractivity contribution in [3.63, 3.8) is 0 Å². The number of ether oxygens (including phenoxy) is 2. The van der Waals surface area contributed by atoms with E-state index in [2.05, 4.69) is 42.5 Å². The van der Waals surface area contributed by atoms with Crippen molar-refractivity contribution in [3.05, 3.63) is 154 Å². The van der Waals surface area contributed by atoms with Gasteiger partial charge in [-0.2, -0.15) is 0 Å². The van der Waals surface area contributed by atoms with Crippen molar-refractivity contribution in [1.82, 2.24) is 0 Å². The molecule has 0 bridgehead atoms. The Labute approximate surface area is 344 Å². The van der Waals surface area contributed by atoms with Gasteiger partial charge in [-0.3, -0.25) is 14.4 Å². The summed E-state index contributed by atoms with van der Waals surface area (Å²) in [6.45, 7) is 0.357. The van der Waals surface area contributed by atoms with Gasteiger partial charge >= 0.3 is 0 Å². The first kappa shape index (κ1) is 40.3. The number of hydrogen-bond donors (Lipinski definition) is 1. The van der Waals surface area contributed by atoms with Gasteiger partial charge < -0.3 is 14.6 Å². The van der Waals surface area contributed by atoms with Gasteiger partial charge in [-0.15, -0.1) is 0 Å². The lowest BCUT2D eigenvalue weighted by Gasteiger charge is -2.34. The highest BCUT2D eigenvalue weighted by Crippen LogP contribution is 2.49. The number of aliphatic hydroxyl groups excluding tert-OH is 1. The Hall–Kier alpha value is -4.49. The molecule has 6 aliphatic rings. The summed E-state index contributed by atoms with van der Waals surface area (Å²) in [4.78, 5) is 38.3. The molecule has 10 rings (SSSR count). The SMILES string of the molecule is COC1(C2Cc3ccccc3C2=O)CCCC1.O=C1c2ccccc2CC1(Cc1ccccc1)C1=CCCC1.O=C1c2ccccc2CC1C1(OCCO)CCCC1. The van der Waals surface area contributed by atoms with Crippen LogP contribution in [-0.2, 0) is 35.2 Å². The number of allylic oxidation sites excluding steroid dienone is 2. The molecule has 0 amide bonds. The number of benzene rings is 4. The topological polar surface area (TPSA) is 89.9 Å². The maximum Gasteiger partial charge on any atom is 0.173 e. The summed E-state index contributed by atoms with van der Waals surface area (Å²) < 4.78 is 11.7. The highest BCUT2D eigenvalue weighted by Gasteiger charge is 2.51. The lowest BCUT2D eigenvalue weighted by atomic mass is 9.71. The van der Waals surface area contributed by atoms with Gasteiger partial charge in [0.15, 0.2) is 17.3 Å². The molecular weight excluding hydrogens is 721 g/mol. The van der Waals surface area contributed by atoms with Gasteiger partial charge in [-0.1, -0.05) is 140 Å². The predicted molar refractivity (Wildman–Crippen MR) is 227 cm³/mol. The molecule has 4 aromatic carbocycles. The van der Waals surface area contributed by atoms with E-state index >= 15 is 0 Å². The molecule has 58 heavy (non-hydrogen) atoms. The van der Waals surface area contributed by atoms with Crippen molar-refractivity contribution < 1.29 is 29.0 Å². The van der Waals surface area contributed by atoms with E-state index in [0.717, 1.165) is 99.3 Å². The molecule has 0 aromatic heterocycles. The zero-order chi connectivity index (χ0) is 40.2. The maximum absolute atomic E-state index is 13.3. The van der Waals surface area contributed by atoms with E-state index in [9.17, 15) is 14.4 Å². The van der Waals surface area contributed by atoms with E-state index in [1.807, 2.05) is 66.7 Å². The van der Waals surface area contributed by atoms with Crippen molar-refractivity contribution in [2.75, 3.05) is 20.3 Å². The van der Waals surface area contributed by atoms with Crippen LogP contribution in [0.5, 0.6) is 0 Å². The second kappa shape index (κ2) is 17.4. The molecule has 0 aliphatic heterocycles. The van der Waals surface area contributed by atoms with Crippen LogP contribution in [0.2, 0.25) is 0 Å². The Morgan fingerprint density at radius 2 is 1.14 bits per heavy atom. The second-order valence-corrected chi connectivity index (χ2v) is 17.4. The summed E-state index contributed by atoms with van der Waals surface area (Å²) >= 11 is 0. The Kier molecular flexibility index (Phi) is 12.1. The maximum atomic E-state index is 13.3. The molecule has 0 spiro atoms. The number of carbonyl (C=O) groups excluding carboxylic acids is 3. The monoisotopic (exact) mass is 778 g/mol. The van der Waals surface area contributed by atoms with Crippen molar-refractivity contribution >= 4 is 17.3 Å². The Bertz CT molecular complexity index is 2140. The normalized spacial score (nSPS) is 24.7. The van der Waals surface area contributed by atoms with Crippen LogP contribution < -0.4 is 0 Å². The van der Waals surface area contributed by atoms with Gasteiger partial charge in [0.1, 0.15) is 0 Å². The third kappa shape index (κ3) is 7.60. The summed E-state index contributed by atoms with van der Waals surface area (Å²) in [7, 11) is 1.77. The lowest BCUT2D eigenvalue weighted by Crippen LogP contribution is -2.42. The van der Waals surface area contributed by atoms with Crippen molar-refractivity contribution in [2.45, 2.75) is 108 Å². The van der Waals surface area contributed by atoms with Crippen LogP contribution in [0, 0.1) is 17.3 Å². The van der Waals surface area contributed by atoms with Crippen LogP contribution in [0.3, 0.4) is 0 Å². The van der Waals surface area contributed by atoms with Gasteiger partial charge in [-0.25, -0.2) is 0 Å². The van der Waals surface area contributed by atoms with Crippen molar-refractivity contribution in [3.8, 4) is 0 Å². The third-order valence-corrected chi connectivity index (χ3v) is 14.3. The fourth-order valence-electron chi connectivity index (χ4n) is 11.3. The van der Waals surface area contributed by atoms with Gasteiger partial charge in [0.25, 0.3) is 0 Å². The van der Waals surface area contributed by atoms with E-state index in [1.54, 1.807) is 7.11 Å². The zero-order valence-electron chi connectivity index (χ0n) is 34.1. The molecule has 6 heteroatoms. The van der Waals surface area contributed by atoms with E-state index in [4.69, 9.17) is 14.6 Å². The zero-order valence-corrected chi connectivity index (χ0v) is 34.1. The first-order chi connectivity index (χ1) is 28.3. The lowest BCUT2D eigenvalue weighted by molar-refractivity contribution is -0.0807. The number of rotatable bonds is 9. The molecule has 4 aromatic rings. The predicted octanol–water partition coefficient (Wildman–Crippen LogP) is 10.1. The van der Waals surface area contributed by atoms with Crippen LogP contribution >= 0.6 is 0 Å². The summed E-state index contributed by atoms with van der Waals surface area (Å²) in [5.41, 5.74) is 8.07. The minimum atomic E-state index is -0.334. The van der Waals surface area contributed by atoms with Crippen LogP contribution in [0.15, 0.2) is 115 Å². The number of methoxy groups -OCH3 is 1. The van der Waals surface area contributed by atoms with Gasteiger partial charge in [0.05, 0.1) is 41.7 Å². The Morgan fingerprint density at radius 3 is 1.66 bits per heavy atom. The van der Waals surface area contributed by atoms with E-state index in [1.165, 1.54) is 41.5 Å². The Balaban J connectivity index is 0.000000123. The number of fused-ring (bicyclic) bond motifs is 3. The first-order valence-electron chi connectivity index (χ1n) is 21.7. The fraction of sp³-hybridized carbons (Fsp3) is 0.442. The van der Waals surface area contributed by atoms with Gasteiger partial charge in [0, 0.05) is 23.8 Å². The van der Waals surface area contributed by atoms with E-state index in [-0.39, 0.29) is 40.8 Å². The highest BCUT2D eigenvalue weighted by molar-refractivity contribution is 6.07. The molecule has 3 atom stereocenters. The molecule has 302 valence electrons. The first-order valence-corrected chi connectivity index (χ1v) is 21.7. The third-order valence-electron chi connectivity index (χ3n) is 14.3. The van der Waals surface area contributed by atoms with Crippen molar-refractivity contribution in [2.24, 2.45) is 17.3 Å². The van der Waals surface area contributed by atoms with Crippen LogP contribution in [0.25, 0.3) is 0 Å². The minimum Gasteiger partial charge on any atom is -0.394 e. The quantitative estimate of drug-likeness (QED) is 0.170. The molecule has 1 N–H and O–H groups in total. The second-order valence-electron chi connectivity index (χ2n) is 17.4. The molecule has 6 nitrogen and oxygen atoms in total. The Morgan fingerprint density at radius 1 is 0.621 bits per heavy atom. The fourth-order valence-corrected chi connectivity index (χ4v) is 11.3. The number of Topliss-reactive ketones (excluding diaryl/α,β-unsaturated/α-hetero) is 3. The summed E-state index contributed by atoms with van der Waals surface area (Å²) in [6, 6.07) is 34.5. The molecule has 2 saturated carbocycles. The summed E-state index contributed by atoms with van der Waals surface area (Å²) in [5, 5.41) is 9.01. The van der Waals surface area contributed by atoms with Gasteiger partial charge in [0.2, 0.25) is 0 Å². The number of aliphatic hydroxyl groups is 1.